The fraction of sp³-hybridized carbons (Fsp3) is 0.579. The van der Waals surface area contributed by atoms with E-state index in [-0.39, 0.29) is 11.8 Å². The molecule has 0 aromatic carbocycles. The lowest BCUT2D eigenvalue weighted by atomic mass is 10.0. The van der Waals surface area contributed by atoms with Crippen LogP contribution in [-0.4, -0.2) is 49.5 Å². The minimum atomic E-state index is -0.941. The van der Waals surface area contributed by atoms with Gasteiger partial charge in [-0.25, -0.2) is 9.78 Å². The second kappa shape index (κ2) is 8.78. The number of carboxylic acid groups (broad SMARTS) is 1. The van der Waals surface area contributed by atoms with Gasteiger partial charge in [0.05, 0.1) is 11.7 Å². The van der Waals surface area contributed by atoms with Crippen molar-refractivity contribution in [3.8, 4) is 0 Å². The van der Waals surface area contributed by atoms with Gasteiger partial charge < -0.3 is 14.6 Å². The standard InChI is InChI=1S/C19H28N4O3/c1-13(2)11-17(19(25)26)22(4)18(24)7-5-6-10-23-14(3)21-15-12-20-9-8-16(15)23/h8-9,12-13,17H,5-7,10-11H2,1-4H3,(H,25,26)/t17-/m0/s1. The Morgan fingerprint density at radius 2 is 2.04 bits per heavy atom. The summed E-state index contributed by atoms with van der Waals surface area (Å²) in [6.07, 6.45) is 5.85. The molecule has 2 heterocycles. The Bertz CT molecular complexity index is 769. The van der Waals surface area contributed by atoms with Gasteiger partial charge >= 0.3 is 5.97 Å². The maximum Gasteiger partial charge on any atom is 0.326 e. The summed E-state index contributed by atoms with van der Waals surface area (Å²) < 4.78 is 2.13. The van der Waals surface area contributed by atoms with Gasteiger partial charge in [0.25, 0.3) is 0 Å². The smallest absolute Gasteiger partial charge is 0.326 e. The van der Waals surface area contributed by atoms with Crippen molar-refractivity contribution in [2.45, 2.75) is 59.0 Å². The van der Waals surface area contributed by atoms with E-state index in [0.29, 0.717) is 19.3 Å². The highest BCUT2D eigenvalue weighted by molar-refractivity contribution is 5.83. The van der Waals surface area contributed by atoms with Crippen molar-refractivity contribution < 1.29 is 14.7 Å². The molecule has 2 aromatic rings. The van der Waals surface area contributed by atoms with E-state index in [0.717, 1.165) is 29.8 Å². The van der Waals surface area contributed by atoms with Crippen LogP contribution in [0.5, 0.6) is 0 Å². The molecule has 142 valence electrons. The number of unbranched alkanes of at least 4 members (excludes halogenated alkanes) is 1. The van der Waals surface area contributed by atoms with Crippen LogP contribution in [-0.2, 0) is 16.1 Å². The van der Waals surface area contributed by atoms with Crippen LogP contribution in [0.2, 0.25) is 0 Å². The third kappa shape index (κ3) is 4.80. The van der Waals surface area contributed by atoms with Crippen LogP contribution in [0, 0.1) is 12.8 Å². The number of aliphatic carboxylic acids is 1. The fourth-order valence-electron chi connectivity index (χ4n) is 3.15. The van der Waals surface area contributed by atoms with Crippen molar-refractivity contribution in [2.75, 3.05) is 7.05 Å². The summed E-state index contributed by atoms with van der Waals surface area (Å²) in [5.41, 5.74) is 1.92. The number of hydrogen-bond donors (Lipinski definition) is 1. The number of nitrogens with zero attached hydrogens (tertiary/aromatic N) is 4. The van der Waals surface area contributed by atoms with Gasteiger partial charge in [-0.15, -0.1) is 0 Å². The predicted molar refractivity (Wildman–Crippen MR) is 99.8 cm³/mol. The SMILES string of the molecule is Cc1nc2cnccc2n1CCCCC(=O)N(C)[C@@H](CC(C)C)C(=O)O. The number of fused-ring (bicyclic) bond motifs is 1. The number of amides is 1. The monoisotopic (exact) mass is 360 g/mol. The highest BCUT2D eigenvalue weighted by Crippen LogP contribution is 2.16. The lowest BCUT2D eigenvalue weighted by molar-refractivity contribution is -0.149. The Morgan fingerprint density at radius 1 is 1.31 bits per heavy atom. The zero-order valence-corrected chi connectivity index (χ0v) is 16.0. The molecule has 1 atom stereocenters. The van der Waals surface area contributed by atoms with E-state index in [4.69, 9.17) is 0 Å². The van der Waals surface area contributed by atoms with Gasteiger partial charge in [0.2, 0.25) is 5.91 Å². The molecule has 1 N–H and O–H groups in total. The molecule has 0 bridgehead atoms. The Labute approximate surface area is 154 Å². The summed E-state index contributed by atoms with van der Waals surface area (Å²) in [6.45, 7) is 6.66. The fourth-order valence-corrected chi connectivity index (χ4v) is 3.15. The summed E-state index contributed by atoms with van der Waals surface area (Å²) in [7, 11) is 1.59. The Balaban J connectivity index is 1.87. The first kappa shape index (κ1) is 19.9. The molecule has 7 nitrogen and oxygen atoms in total. The Morgan fingerprint density at radius 3 is 2.69 bits per heavy atom. The summed E-state index contributed by atoms with van der Waals surface area (Å²) >= 11 is 0. The molecule has 0 aliphatic rings. The van der Waals surface area contributed by atoms with Crippen molar-refractivity contribution >= 4 is 22.9 Å². The number of hydrogen-bond acceptors (Lipinski definition) is 4. The largest absolute Gasteiger partial charge is 0.480 e. The molecule has 2 aromatic heterocycles. The van der Waals surface area contributed by atoms with Crippen molar-refractivity contribution in [1.29, 1.82) is 0 Å². The van der Waals surface area contributed by atoms with E-state index in [1.807, 2.05) is 26.8 Å². The van der Waals surface area contributed by atoms with Crippen molar-refractivity contribution in [3.63, 3.8) is 0 Å². The van der Waals surface area contributed by atoms with Gasteiger partial charge in [-0.2, -0.15) is 0 Å². The van der Waals surface area contributed by atoms with Crippen LogP contribution >= 0.6 is 0 Å². The molecule has 2 rings (SSSR count). The summed E-state index contributed by atoms with van der Waals surface area (Å²) in [5, 5.41) is 9.36. The number of imidazole rings is 1. The van der Waals surface area contributed by atoms with E-state index in [1.54, 1.807) is 19.4 Å². The molecule has 0 spiro atoms. The quantitative estimate of drug-likeness (QED) is 0.695. The second-order valence-corrected chi connectivity index (χ2v) is 7.12. The van der Waals surface area contributed by atoms with E-state index in [9.17, 15) is 14.7 Å². The average Bonchev–Trinajstić information content (AvgIpc) is 2.90. The van der Waals surface area contributed by atoms with E-state index >= 15 is 0 Å². The van der Waals surface area contributed by atoms with Crippen LogP contribution in [0.25, 0.3) is 11.0 Å². The summed E-state index contributed by atoms with van der Waals surface area (Å²) in [5.74, 6) is 0.0933. The minimum absolute atomic E-state index is 0.116. The topological polar surface area (TPSA) is 88.3 Å². The molecule has 0 fully saturated rings. The first-order valence-corrected chi connectivity index (χ1v) is 9.06. The Hall–Kier alpha value is -2.44. The van der Waals surface area contributed by atoms with Crippen LogP contribution in [0.4, 0.5) is 0 Å². The number of aryl methyl sites for hydroxylation is 2. The lowest BCUT2D eigenvalue weighted by Crippen LogP contribution is -2.43. The number of carbonyl (C=O) groups excluding carboxylic acids is 1. The number of carboxylic acids is 1. The summed E-state index contributed by atoms with van der Waals surface area (Å²) in [4.78, 5) is 33.7. The van der Waals surface area contributed by atoms with Crippen molar-refractivity contribution in [1.82, 2.24) is 19.4 Å². The molecular formula is C19H28N4O3. The highest BCUT2D eigenvalue weighted by Gasteiger charge is 2.26. The van der Waals surface area contributed by atoms with Gasteiger partial charge in [-0.1, -0.05) is 13.8 Å². The number of likely N-dealkylation sites (N-methyl/N-ethyl adjacent to an activating group) is 1. The molecule has 1 amide bonds. The van der Waals surface area contributed by atoms with Crippen LogP contribution < -0.4 is 0 Å². The molecule has 0 aliphatic carbocycles. The number of aromatic nitrogens is 3. The maximum absolute atomic E-state index is 12.3. The van der Waals surface area contributed by atoms with E-state index in [2.05, 4.69) is 14.5 Å². The normalized spacial score (nSPS) is 12.5. The van der Waals surface area contributed by atoms with Gasteiger partial charge in [0.1, 0.15) is 17.4 Å². The molecule has 0 saturated heterocycles. The van der Waals surface area contributed by atoms with Crippen molar-refractivity contribution in [2.24, 2.45) is 5.92 Å². The predicted octanol–water partition coefficient (Wildman–Crippen LogP) is 2.87. The van der Waals surface area contributed by atoms with Gasteiger partial charge in [0.15, 0.2) is 0 Å². The van der Waals surface area contributed by atoms with Gasteiger partial charge in [-0.3, -0.25) is 9.78 Å². The van der Waals surface area contributed by atoms with Crippen LogP contribution in [0.15, 0.2) is 18.5 Å². The van der Waals surface area contributed by atoms with E-state index < -0.39 is 12.0 Å². The van der Waals surface area contributed by atoms with Gasteiger partial charge in [-0.05, 0) is 38.2 Å². The molecule has 0 unspecified atom stereocenters. The first-order chi connectivity index (χ1) is 12.3. The molecule has 7 heteroatoms. The third-order valence-corrected chi connectivity index (χ3v) is 4.60. The molecular weight excluding hydrogens is 332 g/mol. The zero-order chi connectivity index (χ0) is 19.3. The maximum atomic E-state index is 12.3. The Kier molecular flexibility index (Phi) is 6.71. The van der Waals surface area contributed by atoms with Crippen LogP contribution in [0.1, 0.15) is 45.4 Å². The van der Waals surface area contributed by atoms with E-state index in [1.165, 1.54) is 4.90 Å². The van der Waals surface area contributed by atoms with Crippen LogP contribution in [0.3, 0.4) is 0 Å². The third-order valence-electron chi connectivity index (χ3n) is 4.60. The minimum Gasteiger partial charge on any atom is -0.480 e. The van der Waals surface area contributed by atoms with Crippen molar-refractivity contribution in [3.05, 3.63) is 24.3 Å². The molecule has 0 radical (unpaired) electrons. The average molecular weight is 360 g/mol. The summed E-state index contributed by atoms with van der Waals surface area (Å²) in [6, 6.07) is 1.19. The lowest BCUT2D eigenvalue weighted by Gasteiger charge is -2.26. The molecule has 0 aliphatic heterocycles. The first-order valence-electron chi connectivity index (χ1n) is 9.06. The second-order valence-electron chi connectivity index (χ2n) is 7.12. The number of pyridine rings is 1. The highest BCUT2D eigenvalue weighted by atomic mass is 16.4. The van der Waals surface area contributed by atoms with Gasteiger partial charge in [0, 0.05) is 26.2 Å². The number of carbonyl (C=O) groups is 2. The molecule has 26 heavy (non-hydrogen) atoms. The zero-order valence-electron chi connectivity index (χ0n) is 16.0. The molecule has 0 saturated carbocycles. The number of rotatable bonds is 9.